The number of hydrogen-bond acceptors (Lipinski definition) is 2. The van der Waals surface area contributed by atoms with Crippen molar-refractivity contribution in [2.24, 2.45) is 0 Å². The Morgan fingerprint density at radius 1 is 1.33 bits per heavy atom. The molecule has 0 fully saturated rings. The summed E-state index contributed by atoms with van der Waals surface area (Å²) in [6.07, 6.45) is -3.26. The first-order valence-corrected chi connectivity index (χ1v) is 5.84. The van der Waals surface area contributed by atoms with Crippen LogP contribution in [0.1, 0.15) is 5.56 Å². The highest BCUT2D eigenvalue weighted by atomic mass is 79.9. The topological polar surface area (TPSA) is 43.8 Å². The first-order valence-electron chi connectivity index (χ1n) is 4.67. The Labute approximate surface area is 113 Å². The Morgan fingerprint density at radius 2 is 2.00 bits per heavy atom. The molecule has 0 aliphatic rings. The van der Waals surface area contributed by atoms with Crippen molar-refractivity contribution in [1.82, 2.24) is 9.78 Å². The summed E-state index contributed by atoms with van der Waals surface area (Å²) in [5.74, 6) is -0.0206. The molecule has 2 N–H and O–H groups in total. The summed E-state index contributed by atoms with van der Waals surface area (Å²) >= 11 is 8.68. The van der Waals surface area contributed by atoms with Gasteiger partial charge in [0.1, 0.15) is 5.02 Å². The van der Waals surface area contributed by atoms with E-state index in [-0.39, 0.29) is 16.5 Å². The number of rotatable bonds is 1. The second-order valence-corrected chi connectivity index (χ2v) is 4.79. The van der Waals surface area contributed by atoms with Gasteiger partial charge in [-0.3, -0.25) is 0 Å². The number of halogens is 5. The van der Waals surface area contributed by atoms with E-state index in [1.165, 1.54) is 18.3 Å². The van der Waals surface area contributed by atoms with Gasteiger partial charge in [-0.2, -0.15) is 13.2 Å². The lowest BCUT2D eigenvalue weighted by molar-refractivity contribution is -0.137. The molecule has 0 saturated carbocycles. The van der Waals surface area contributed by atoms with Gasteiger partial charge < -0.3 is 5.73 Å². The predicted octanol–water partition coefficient (Wildman–Crippen LogP) is 3.89. The number of hydrogen-bond donors (Lipinski definition) is 1. The van der Waals surface area contributed by atoms with Crippen molar-refractivity contribution in [3.05, 3.63) is 39.5 Å². The molecule has 0 bridgehead atoms. The molecule has 0 unspecified atom stereocenters. The lowest BCUT2D eigenvalue weighted by Gasteiger charge is -2.13. The first kappa shape index (κ1) is 13.2. The average Bonchev–Trinajstić information content (AvgIpc) is 2.57. The maximum atomic E-state index is 12.9. The third-order valence-corrected chi connectivity index (χ3v) is 2.99. The number of alkyl halides is 3. The number of nitrogen functional groups attached to an aromatic ring is 1. The normalized spacial score (nSPS) is 11.8. The van der Waals surface area contributed by atoms with E-state index in [0.717, 1.165) is 10.7 Å². The Kier molecular flexibility index (Phi) is 3.29. The third-order valence-electron chi connectivity index (χ3n) is 2.21. The monoisotopic (exact) mass is 339 g/mol. The van der Waals surface area contributed by atoms with Gasteiger partial charge in [-0.1, -0.05) is 27.5 Å². The van der Waals surface area contributed by atoms with Gasteiger partial charge in [0.25, 0.3) is 0 Å². The van der Waals surface area contributed by atoms with Gasteiger partial charge in [0.05, 0.1) is 17.4 Å². The Morgan fingerprint density at radius 3 is 2.50 bits per heavy atom. The van der Waals surface area contributed by atoms with Gasteiger partial charge in [-0.25, -0.2) is 4.68 Å². The fourth-order valence-corrected chi connectivity index (χ4v) is 1.92. The maximum absolute atomic E-state index is 12.9. The van der Waals surface area contributed by atoms with Crippen LogP contribution in [-0.2, 0) is 6.18 Å². The molecule has 0 radical (unpaired) electrons. The van der Waals surface area contributed by atoms with Gasteiger partial charge in [0, 0.05) is 4.47 Å². The summed E-state index contributed by atoms with van der Waals surface area (Å²) in [7, 11) is 0. The summed E-state index contributed by atoms with van der Waals surface area (Å²) in [4.78, 5) is 0. The lowest BCUT2D eigenvalue weighted by atomic mass is 10.1. The molecule has 2 rings (SSSR count). The number of nitrogens with two attached hydrogens (primary N) is 1. The number of aromatic nitrogens is 2. The highest BCUT2D eigenvalue weighted by molar-refractivity contribution is 9.10. The van der Waals surface area contributed by atoms with Crippen molar-refractivity contribution in [2.45, 2.75) is 6.18 Å². The van der Waals surface area contributed by atoms with E-state index in [0.29, 0.717) is 4.47 Å². The van der Waals surface area contributed by atoms with E-state index in [4.69, 9.17) is 17.3 Å². The quantitative estimate of drug-likeness (QED) is 0.856. The molecule has 2 aromatic rings. The maximum Gasteiger partial charge on any atom is 0.418 e. The van der Waals surface area contributed by atoms with Crippen molar-refractivity contribution >= 4 is 33.3 Å². The fraction of sp³-hybridized carbons (Fsp3) is 0.100. The van der Waals surface area contributed by atoms with Crippen LogP contribution in [0.15, 0.2) is 28.9 Å². The van der Waals surface area contributed by atoms with Crippen molar-refractivity contribution in [3.8, 4) is 5.69 Å². The van der Waals surface area contributed by atoms with Crippen molar-refractivity contribution in [3.63, 3.8) is 0 Å². The highest BCUT2D eigenvalue weighted by Gasteiger charge is 2.34. The van der Waals surface area contributed by atoms with Crippen molar-refractivity contribution < 1.29 is 13.2 Å². The molecule has 0 saturated heterocycles. The van der Waals surface area contributed by atoms with Crippen LogP contribution in [0.5, 0.6) is 0 Å². The van der Waals surface area contributed by atoms with Crippen LogP contribution in [0.3, 0.4) is 0 Å². The minimum Gasteiger partial charge on any atom is -0.381 e. The van der Waals surface area contributed by atoms with Gasteiger partial charge in [0.15, 0.2) is 5.82 Å². The van der Waals surface area contributed by atoms with Crippen LogP contribution in [0.2, 0.25) is 5.02 Å². The van der Waals surface area contributed by atoms with Gasteiger partial charge >= 0.3 is 6.18 Å². The molecule has 0 aliphatic heterocycles. The Hall–Kier alpha value is -1.21. The zero-order valence-electron chi connectivity index (χ0n) is 8.67. The van der Waals surface area contributed by atoms with Crippen LogP contribution >= 0.6 is 27.5 Å². The SMILES string of the molecule is Nc1nn(-c2ccc(Br)cc2C(F)(F)F)cc1Cl. The highest BCUT2D eigenvalue weighted by Crippen LogP contribution is 2.36. The smallest absolute Gasteiger partial charge is 0.381 e. The summed E-state index contributed by atoms with van der Waals surface area (Å²) in [6, 6.07) is 3.74. The third kappa shape index (κ3) is 2.46. The van der Waals surface area contributed by atoms with Crippen molar-refractivity contribution in [1.29, 1.82) is 0 Å². The molecule has 96 valence electrons. The molecular weight excluding hydrogens is 334 g/mol. The van der Waals surface area contributed by atoms with Crippen LogP contribution in [0.4, 0.5) is 19.0 Å². The van der Waals surface area contributed by atoms with E-state index < -0.39 is 11.7 Å². The fourth-order valence-electron chi connectivity index (χ4n) is 1.42. The Balaban J connectivity index is 2.64. The van der Waals surface area contributed by atoms with Crippen molar-refractivity contribution in [2.75, 3.05) is 5.73 Å². The molecule has 1 aromatic carbocycles. The lowest BCUT2D eigenvalue weighted by Crippen LogP contribution is -2.11. The molecule has 18 heavy (non-hydrogen) atoms. The summed E-state index contributed by atoms with van der Waals surface area (Å²) in [6.45, 7) is 0. The van der Waals surface area contributed by atoms with E-state index in [9.17, 15) is 13.2 Å². The van der Waals surface area contributed by atoms with Crippen LogP contribution in [0.25, 0.3) is 5.69 Å². The van der Waals surface area contributed by atoms with Crippen LogP contribution in [0, 0.1) is 0 Å². The van der Waals surface area contributed by atoms with E-state index >= 15 is 0 Å². The minimum absolute atomic E-state index is 0.0206. The zero-order chi connectivity index (χ0) is 13.5. The van der Waals surface area contributed by atoms with Crippen LogP contribution in [-0.4, -0.2) is 9.78 Å². The number of anilines is 1. The molecule has 1 heterocycles. The minimum atomic E-state index is -4.49. The average molecular weight is 341 g/mol. The summed E-state index contributed by atoms with van der Waals surface area (Å²) < 4.78 is 40.0. The molecule has 0 atom stereocenters. The molecule has 8 heteroatoms. The van der Waals surface area contributed by atoms with Crippen LogP contribution < -0.4 is 5.73 Å². The van der Waals surface area contributed by atoms with Gasteiger partial charge in [0.2, 0.25) is 0 Å². The van der Waals surface area contributed by atoms with Gasteiger partial charge in [-0.15, -0.1) is 5.10 Å². The first-order chi connectivity index (χ1) is 8.29. The second-order valence-electron chi connectivity index (χ2n) is 3.47. The molecule has 0 amide bonds. The van der Waals surface area contributed by atoms with E-state index in [2.05, 4.69) is 21.0 Å². The van der Waals surface area contributed by atoms with Gasteiger partial charge in [-0.05, 0) is 18.2 Å². The molecule has 1 aromatic heterocycles. The zero-order valence-corrected chi connectivity index (χ0v) is 11.0. The van der Waals surface area contributed by atoms with E-state index in [1.54, 1.807) is 0 Å². The molecule has 3 nitrogen and oxygen atoms in total. The van der Waals surface area contributed by atoms with E-state index in [1.807, 2.05) is 0 Å². The number of benzene rings is 1. The molecule has 0 aliphatic carbocycles. The predicted molar refractivity (Wildman–Crippen MR) is 65.7 cm³/mol. The second kappa shape index (κ2) is 4.47. The molecule has 0 spiro atoms. The summed E-state index contributed by atoms with van der Waals surface area (Å²) in [5.41, 5.74) is 4.45. The summed E-state index contributed by atoms with van der Waals surface area (Å²) in [5, 5.41) is 3.83. The largest absolute Gasteiger partial charge is 0.418 e. The Bertz CT molecular complexity index is 575. The molecular formula is C10H6BrClF3N3. The standard InChI is InChI=1S/C10H6BrClF3N3/c11-5-1-2-8(6(3-5)10(13,14)15)18-4-7(12)9(16)17-18/h1-4H,(H2,16,17). The number of nitrogens with zero attached hydrogens (tertiary/aromatic N) is 2.